The quantitative estimate of drug-likeness (QED) is 0.889. The van der Waals surface area contributed by atoms with Gasteiger partial charge in [0, 0.05) is 19.1 Å². The van der Waals surface area contributed by atoms with Gasteiger partial charge in [-0.15, -0.1) is 0 Å². The van der Waals surface area contributed by atoms with Crippen LogP contribution in [0.15, 0.2) is 18.2 Å². The minimum atomic E-state index is -0.403. The number of amides is 1. The molecule has 5 heteroatoms. The second-order valence-electron chi connectivity index (χ2n) is 5.47. The molecule has 1 aliphatic rings. The molecule has 2 rings (SSSR count). The number of carbonyl (C=O) groups is 1. The summed E-state index contributed by atoms with van der Waals surface area (Å²) in [6.45, 7) is 5.31. The zero-order valence-electron chi connectivity index (χ0n) is 12.0. The van der Waals surface area contributed by atoms with Gasteiger partial charge in [0.2, 0.25) is 5.91 Å². The Labute approximate surface area is 119 Å². The fraction of sp³-hybridized carbons (Fsp3) is 0.533. The number of carbonyl (C=O) groups excluding carboxylic acids is 1. The number of nitrogens with one attached hydrogen (secondary N) is 1. The normalized spacial score (nSPS) is 17.9. The van der Waals surface area contributed by atoms with Crippen molar-refractivity contribution in [2.45, 2.75) is 32.7 Å². The van der Waals surface area contributed by atoms with E-state index in [4.69, 9.17) is 5.73 Å². The van der Waals surface area contributed by atoms with Crippen molar-refractivity contribution in [3.05, 3.63) is 24.0 Å². The van der Waals surface area contributed by atoms with Crippen LogP contribution >= 0.6 is 0 Å². The third-order valence-corrected chi connectivity index (χ3v) is 3.89. The van der Waals surface area contributed by atoms with Gasteiger partial charge in [0.05, 0.1) is 11.6 Å². The molecule has 1 saturated heterocycles. The summed E-state index contributed by atoms with van der Waals surface area (Å²) in [5.41, 5.74) is 6.75. The smallest absolute Gasteiger partial charge is 0.228 e. The van der Waals surface area contributed by atoms with Gasteiger partial charge >= 0.3 is 0 Å². The van der Waals surface area contributed by atoms with Crippen molar-refractivity contribution in [3.8, 4) is 0 Å². The molecule has 0 aliphatic carbocycles. The third kappa shape index (κ3) is 3.10. The summed E-state index contributed by atoms with van der Waals surface area (Å²) >= 11 is 0. The largest absolute Gasteiger partial charge is 0.370 e. The summed E-state index contributed by atoms with van der Waals surface area (Å²) in [5, 5.41) is 2.70. The summed E-state index contributed by atoms with van der Waals surface area (Å²) in [6, 6.07) is 4.62. The van der Waals surface area contributed by atoms with Crippen molar-refractivity contribution in [2.75, 3.05) is 23.3 Å². The van der Waals surface area contributed by atoms with Crippen molar-refractivity contribution >= 4 is 17.3 Å². The number of para-hydroxylation sites is 1. The van der Waals surface area contributed by atoms with Crippen LogP contribution in [0, 0.1) is 11.7 Å². The minimum absolute atomic E-state index is 0.245. The van der Waals surface area contributed by atoms with E-state index in [9.17, 15) is 9.18 Å². The molecule has 0 spiro atoms. The molecule has 1 amide bonds. The van der Waals surface area contributed by atoms with Gasteiger partial charge < -0.3 is 16.0 Å². The van der Waals surface area contributed by atoms with Crippen LogP contribution in [0.2, 0.25) is 0 Å². The van der Waals surface area contributed by atoms with Crippen molar-refractivity contribution in [2.24, 2.45) is 11.7 Å². The molecule has 1 fully saturated rings. The van der Waals surface area contributed by atoms with E-state index in [2.05, 4.69) is 10.2 Å². The highest BCUT2D eigenvalue weighted by Crippen LogP contribution is 2.31. The first-order chi connectivity index (χ1) is 9.50. The lowest BCUT2D eigenvalue weighted by molar-refractivity contribution is -0.119. The Morgan fingerprint density at radius 3 is 2.60 bits per heavy atom. The molecule has 3 N–H and O–H groups in total. The predicted molar refractivity (Wildman–Crippen MR) is 79.3 cm³/mol. The molecule has 110 valence electrons. The summed E-state index contributed by atoms with van der Waals surface area (Å²) in [4.78, 5) is 14.2. The molecule has 1 aliphatic heterocycles. The van der Waals surface area contributed by atoms with Gasteiger partial charge in [-0.2, -0.15) is 0 Å². The van der Waals surface area contributed by atoms with E-state index < -0.39 is 5.82 Å². The maximum atomic E-state index is 14.1. The molecule has 0 aromatic heterocycles. The number of rotatable bonds is 4. The summed E-state index contributed by atoms with van der Waals surface area (Å²) < 4.78 is 14.1. The first-order valence-corrected chi connectivity index (χ1v) is 7.10. The fourth-order valence-electron chi connectivity index (χ4n) is 2.33. The first kappa shape index (κ1) is 14.8. The summed E-state index contributed by atoms with van der Waals surface area (Å²) in [6.07, 6.45) is 2.19. The van der Waals surface area contributed by atoms with E-state index in [0.717, 1.165) is 31.6 Å². The number of nitrogens with two attached hydrogens (primary N) is 1. The van der Waals surface area contributed by atoms with E-state index >= 15 is 0 Å². The lowest BCUT2D eigenvalue weighted by atomic mass is 10.0. The van der Waals surface area contributed by atoms with Gasteiger partial charge in [-0.05, 0) is 31.9 Å². The van der Waals surface area contributed by atoms with Crippen molar-refractivity contribution in [3.63, 3.8) is 0 Å². The van der Waals surface area contributed by atoms with Gasteiger partial charge in [0.25, 0.3) is 0 Å². The average molecular weight is 279 g/mol. The fourth-order valence-corrected chi connectivity index (χ4v) is 2.33. The number of nitrogens with zero attached hydrogens (tertiary/aromatic N) is 1. The van der Waals surface area contributed by atoms with E-state index in [1.165, 1.54) is 6.07 Å². The molecule has 2 unspecified atom stereocenters. The minimum Gasteiger partial charge on any atom is -0.370 e. The molecule has 1 heterocycles. The van der Waals surface area contributed by atoms with Gasteiger partial charge in [-0.3, -0.25) is 4.79 Å². The Kier molecular flexibility index (Phi) is 4.60. The van der Waals surface area contributed by atoms with Crippen LogP contribution < -0.4 is 16.0 Å². The maximum Gasteiger partial charge on any atom is 0.228 e. The Balaban J connectivity index is 2.24. The Hall–Kier alpha value is -1.62. The zero-order chi connectivity index (χ0) is 14.7. The highest BCUT2D eigenvalue weighted by molar-refractivity contribution is 5.96. The highest BCUT2D eigenvalue weighted by Gasteiger charge is 2.22. The molecule has 0 bridgehead atoms. The van der Waals surface area contributed by atoms with Crippen molar-refractivity contribution in [1.82, 2.24) is 0 Å². The van der Waals surface area contributed by atoms with Crippen LogP contribution in [0.25, 0.3) is 0 Å². The number of hydrogen-bond acceptors (Lipinski definition) is 3. The predicted octanol–water partition coefficient (Wildman–Crippen LogP) is 2.35. The van der Waals surface area contributed by atoms with E-state index in [1.54, 1.807) is 19.9 Å². The number of halogens is 1. The monoisotopic (exact) mass is 279 g/mol. The number of benzene rings is 1. The summed E-state index contributed by atoms with van der Waals surface area (Å²) in [5.74, 6) is -1.01. The summed E-state index contributed by atoms with van der Waals surface area (Å²) in [7, 11) is 0. The van der Waals surface area contributed by atoms with Crippen LogP contribution in [0.4, 0.5) is 15.8 Å². The molecule has 2 atom stereocenters. The van der Waals surface area contributed by atoms with Crippen molar-refractivity contribution in [1.29, 1.82) is 0 Å². The van der Waals surface area contributed by atoms with Crippen LogP contribution in [0.3, 0.4) is 0 Å². The van der Waals surface area contributed by atoms with E-state index in [1.807, 2.05) is 6.07 Å². The third-order valence-electron chi connectivity index (χ3n) is 3.89. The SMILES string of the molecule is CC(N)C(C)C(=O)Nc1c(F)cccc1N1CCCC1. The Morgan fingerprint density at radius 2 is 2.00 bits per heavy atom. The van der Waals surface area contributed by atoms with Crippen LogP contribution in [-0.4, -0.2) is 25.0 Å². The Morgan fingerprint density at radius 1 is 1.35 bits per heavy atom. The second kappa shape index (κ2) is 6.22. The molecular weight excluding hydrogens is 257 g/mol. The number of anilines is 2. The number of hydrogen-bond donors (Lipinski definition) is 2. The van der Waals surface area contributed by atoms with Crippen molar-refractivity contribution < 1.29 is 9.18 Å². The molecule has 0 radical (unpaired) electrons. The molecule has 0 saturated carbocycles. The standard InChI is InChI=1S/C15H22FN3O/c1-10(11(2)17)15(20)18-14-12(16)6-5-7-13(14)19-8-3-4-9-19/h5-7,10-11H,3-4,8-9,17H2,1-2H3,(H,18,20). The van der Waals surface area contributed by atoms with Crippen LogP contribution in [-0.2, 0) is 4.79 Å². The maximum absolute atomic E-state index is 14.1. The second-order valence-corrected chi connectivity index (χ2v) is 5.47. The van der Waals surface area contributed by atoms with Gasteiger partial charge in [0.1, 0.15) is 11.5 Å². The van der Waals surface area contributed by atoms with Gasteiger partial charge in [-0.25, -0.2) is 4.39 Å². The topological polar surface area (TPSA) is 58.4 Å². The molecule has 1 aromatic carbocycles. The highest BCUT2D eigenvalue weighted by atomic mass is 19.1. The molecular formula is C15H22FN3O. The van der Waals surface area contributed by atoms with E-state index in [-0.39, 0.29) is 23.6 Å². The van der Waals surface area contributed by atoms with Gasteiger partial charge in [0.15, 0.2) is 0 Å². The molecule has 4 nitrogen and oxygen atoms in total. The Bertz CT molecular complexity index is 484. The zero-order valence-corrected chi connectivity index (χ0v) is 12.0. The van der Waals surface area contributed by atoms with E-state index in [0.29, 0.717) is 0 Å². The molecule has 20 heavy (non-hydrogen) atoms. The van der Waals surface area contributed by atoms with Crippen LogP contribution in [0.5, 0.6) is 0 Å². The average Bonchev–Trinajstić information content (AvgIpc) is 2.93. The first-order valence-electron chi connectivity index (χ1n) is 7.10. The lowest BCUT2D eigenvalue weighted by Gasteiger charge is -2.23. The molecule has 1 aromatic rings. The van der Waals surface area contributed by atoms with Crippen LogP contribution in [0.1, 0.15) is 26.7 Å². The van der Waals surface area contributed by atoms with Gasteiger partial charge in [-0.1, -0.05) is 13.0 Å². The lowest BCUT2D eigenvalue weighted by Crippen LogP contribution is -2.35.